The highest BCUT2D eigenvalue weighted by atomic mass is 16.3. The number of para-hydroxylation sites is 2. The molecule has 10 rings (SSSR count). The molecule has 0 aliphatic rings. The molecule has 0 atom stereocenters. The van der Waals surface area contributed by atoms with Crippen LogP contribution < -0.4 is 0 Å². The zero-order valence-electron chi connectivity index (χ0n) is 26.9. The summed E-state index contributed by atoms with van der Waals surface area (Å²) in [7, 11) is 0. The van der Waals surface area contributed by atoms with Gasteiger partial charge in [0.25, 0.3) is 0 Å². The Morgan fingerprint density at radius 2 is 0.960 bits per heavy atom. The van der Waals surface area contributed by atoms with Crippen LogP contribution in [0.15, 0.2) is 174 Å². The molecule has 0 unspecified atom stereocenters. The lowest BCUT2D eigenvalue weighted by Crippen LogP contribution is -2.00. The summed E-state index contributed by atoms with van der Waals surface area (Å²) in [6, 6.07) is 58.6. The number of fused-ring (bicyclic) bond motifs is 6. The summed E-state index contributed by atoms with van der Waals surface area (Å²) in [5, 5.41) is 4.50. The van der Waals surface area contributed by atoms with Crippen LogP contribution in [0.5, 0.6) is 0 Å². The van der Waals surface area contributed by atoms with E-state index < -0.39 is 0 Å². The summed E-state index contributed by atoms with van der Waals surface area (Å²) in [6.07, 6.45) is 0. The Bertz CT molecular complexity index is 2800. The third-order valence-electron chi connectivity index (χ3n) is 9.46. The normalized spacial score (nSPS) is 11.6. The van der Waals surface area contributed by atoms with Gasteiger partial charge in [0.15, 0.2) is 17.5 Å². The molecule has 0 radical (unpaired) electrons. The van der Waals surface area contributed by atoms with Crippen LogP contribution in [0.3, 0.4) is 0 Å². The van der Waals surface area contributed by atoms with E-state index in [0.717, 1.165) is 55.3 Å². The van der Waals surface area contributed by atoms with Gasteiger partial charge in [-0.3, -0.25) is 0 Å². The van der Waals surface area contributed by atoms with Gasteiger partial charge in [0.1, 0.15) is 11.2 Å². The molecule has 5 nitrogen and oxygen atoms in total. The monoisotopic (exact) mass is 640 g/mol. The summed E-state index contributed by atoms with van der Waals surface area (Å²) in [6.45, 7) is 0. The molecule has 0 aliphatic carbocycles. The molecule has 50 heavy (non-hydrogen) atoms. The maximum Gasteiger partial charge on any atom is 0.167 e. The molecule has 0 saturated heterocycles. The van der Waals surface area contributed by atoms with Gasteiger partial charge < -0.3 is 8.98 Å². The minimum Gasteiger partial charge on any atom is -0.455 e. The van der Waals surface area contributed by atoms with Crippen molar-refractivity contribution < 1.29 is 4.42 Å². The number of rotatable bonds is 5. The van der Waals surface area contributed by atoms with E-state index in [-0.39, 0.29) is 0 Å². The summed E-state index contributed by atoms with van der Waals surface area (Å²) in [5.74, 6) is 1.80. The predicted molar refractivity (Wildman–Crippen MR) is 203 cm³/mol. The van der Waals surface area contributed by atoms with Crippen molar-refractivity contribution >= 4 is 43.7 Å². The summed E-state index contributed by atoms with van der Waals surface area (Å²) in [4.78, 5) is 14.9. The number of nitrogens with zero attached hydrogens (tertiary/aromatic N) is 4. The van der Waals surface area contributed by atoms with Crippen LogP contribution >= 0.6 is 0 Å². The SMILES string of the molecule is c1ccc(-c2nc(-c3ccccc3)nc(-c3cccc4c3oc3cc(-n5c6ccccc6c6c(-c7ccccc7)cccc65)ccc34)n2)cc1. The van der Waals surface area contributed by atoms with Crippen LogP contribution in [0.25, 0.3) is 94.7 Å². The van der Waals surface area contributed by atoms with Gasteiger partial charge in [-0.05, 0) is 41.5 Å². The smallest absolute Gasteiger partial charge is 0.167 e. The van der Waals surface area contributed by atoms with Gasteiger partial charge >= 0.3 is 0 Å². The standard InChI is InChI=1S/C45H28N4O/c1-4-14-29(15-5-1)33-21-13-25-39-41(33)36-20-10-11-24-38(36)49(39)32-26-27-34-35-22-12-23-37(42(35)50-40(34)28-32)45-47-43(30-16-6-2-7-17-30)46-44(48-45)31-18-8-3-9-19-31/h1-28H. The molecule has 10 aromatic rings. The van der Waals surface area contributed by atoms with Crippen LogP contribution in [-0.2, 0) is 0 Å². The van der Waals surface area contributed by atoms with Gasteiger partial charge in [-0.15, -0.1) is 0 Å². The molecule has 3 aromatic heterocycles. The average Bonchev–Trinajstić information content (AvgIpc) is 3.74. The van der Waals surface area contributed by atoms with Gasteiger partial charge in [0.05, 0.1) is 16.6 Å². The number of hydrogen-bond acceptors (Lipinski definition) is 4. The quantitative estimate of drug-likeness (QED) is 0.188. The summed E-state index contributed by atoms with van der Waals surface area (Å²) >= 11 is 0. The first kappa shape index (κ1) is 28.2. The summed E-state index contributed by atoms with van der Waals surface area (Å²) in [5.41, 5.74) is 9.97. The molecule has 0 N–H and O–H groups in total. The largest absolute Gasteiger partial charge is 0.455 e. The zero-order chi connectivity index (χ0) is 33.0. The number of aromatic nitrogens is 4. The molecule has 0 aliphatic heterocycles. The molecule has 0 amide bonds. The Morgan fingerprint density at radius 3 is 1.68 bits per heavy atom. The Labute approximate surface area is 287 Å². The Kier molecular flexibility index (Phi) is 6.42. The van der Waals surface area contributed by atoms with Crippen LogP contribution in [0, 0.1) is 0 Å². The van der Waals surface area contributed by atoms with Gasteiger partial charge in [-0.2, -0.15) is 0 Å². The topological polar surface area (TPSA) is 56.7 Å². The molecular weight excluding hydrogens is 613 g/mol. The number of benzene rings is 7. The van der Waals surface area contributed by atoms with Gasteiger partial charge in [0, 0.05) is 44.4 Å². The second kappa shape index (κ2) is 11.4. The number of furan rings is 1. The van der Waals surface area contributed by atoms with E-state index in [0.29, 0.717) is 17.5 Å². The van der Waals surface area contributed by atoms with E-state index in [1.54, 1.807) is 0 Å². The average molecular weight is 641 g/mol. The van der Waals surface area contributed by atoms with Crippen molar-refractivity contribution in [1.29, 1.82) is 0 Å². The molecule has 234 valence electrons. The van der Waals surface area contributed by atoms with Gasteiger partial charge in [-0.25, -0.2) is 15.0 Å². The molecule has 0 fully saturated rings. The van der Waals surface area contributed by atoms with E-state index in [4.69, 9.17) is 19.4 Å². The van der Waals surface area contributed by atoms with Crippen molar-refractivity contribution in [3.05, 3.63) is 170 Å². The van der Waals surface area contributed by atoms with Gasteiger partial charge in [-0.1, -0.05) is 133 Å². The fraction of sp³-hybridized carbons (Fsp3) is 0. The second-order valence-corrected chi connectivity index (χ2v) is 12.4. The van der Waals surface area contributed by atoms with E-state index in [1.807, 2.05) is 72.8 Å². The minimum atomic E-state index is 0.568. The Morgan fingerprint density at radius 1 is 0.400 bits per heavy atom. The fourth-order valence-electron chi connectivity index (χ4n) is 7.19. The maximum absolute atomic E-state index is 6.77. The first-order chi connectivity index (χ1) is 24.8. The van der Waals surface area contributed by atoms with E-state index in [9.17, 15) is 0 Å². The van der Waals surface area contributed by atoms with Crippen LogP contribution in [0.1, 0.15) is 0 Å². The van der Waals surface area contributed by atoms with Crippen molar-refractivity contribution in [3.8, 4) is 51.0 Å². The van der Waals surface area contributed by atoms with Crippen LogP contribution in [0.2, 0.25) is 0 Å². The maximum atomic E-state index is 6.77. The van der Waals surface area contributed by atoms with Crippen molar-refractivity contribution in [1.82, 2.24) is 19.5 Å². The van der Waals surface area contributed by atoms with E-state index in [1.165, 1.54) is 21.9 Å². The Hall–Kier alpha value is -6.85. The minimum absolute atomic E-state index is 0.568. The highest BCUT2D eigenvalue weighted by Crippen LogP contribution is 2.41. The lowest BCUT2D eigenvalue weighted by molar-refractivity contribution is 0.669. The molecule has 0 saturated carbocycles. The summed E-state index contributed by atoms with van der Waals surface area (Å²) < 4.78 is 9.11. The first-order valence-corrected chi connectivity index (χ1v) is 16.7. The highest BCUT2D eigenvalue weighted by molar-refractivity contribution is 6.16. The molecule has 7 aromatic carbocycles. The molecule has 5 heteroatoms. The van der Waals surface area contributed by atoms with E-state index in [2.05, 4.69) is 102 Å². The van der Waals surface area contributed by atoms with Crippen LogP contribution in [0.4, 0.5) is 0 Å². The van der Waals surface area contributed by atoms with E-state index >= 15 is 0 Å². The second-order valence-electron chi connectivity index (χ2n) is 12.4. The van der Waals surface area contributed by atoms with Crippen molar-refractivity contribution in [2.24, 2.45) is 0 Å². The third-order valence-corrected chi connectivity index (χ3v) is 9.46. The molecule has 0 bridgehead atoms. The highest BCUT2D eigenvalue weighted by Gasteiger charge is 2.20. The molecular formula is C45H28N4O. The van der Waals surface area contributed by atoms with Gasteiger partial charge in [0.2, 0.25) is 0 Å². The first-order valence-electron chi connectivity index (χ1n) is 16.7. The predicted octanol–water partition coefficient (Wildman–Crippen LogP) is 11.5. The zero-order valence-corrected chi connectivity index (χ0v) is 26.9. The van der Waals surface area contributed by atoms with Crippen LogP contribution in [-0.4, -0.2) is 19.5 Å². The Balaban J connectivity index is 1.17. The lowest BCUT2D eigenvalue weighted by atomic mass is 9.99. The molecule has 3 heterocycles. The fourth-order valence-corrected chi connectivity index (χ4v) is 7.19. The van der Waals surface area contributed by atoms with Crippen molar-refractivity contribution in [3.63, 3.8) is 0 Å². The van der Waals surface area contributed by atoms with Crippen molar-refractivity contribution in [2.75, 3.05) is 0 Å². The number of hydrogen-bond donors (Lipinski definition) is 0. The third kappa shape index (κ3) is 4.52. The lowest BCUT2D eigenvalue weighted by Gasteiger charge is -2.09. The van der Waals surface area contributed by atoms with Crippen molar-refractivity contribution in [2.45, 2.75) is 0 Å². The molecule has 0 spiro atoms.